The van der Waals surface area contributed by atoms with Crippen LogP contribution < -0.4 is 0 Å². The summed E-state index contributed by atoms with van der Waals surface area (Å²) in [5, 5.41) is 0. The molecule has 0 amide bonds. The number of rotatable bonds is 13. The maximum Gasteiger partial charge on any atom is 0.508 e. The molecule has 0 saturated heterocycles. The molecule has 3 atom stereocenters. The second-order valence-corrected chi connectivity index (χ2v) is 8.71. The van der Waals surface area contributed by atoms with E-state index in [4.69, 9.17) is 9.47 Å². The lowest BCUT2D eigenvalue weighted by molar-refractivity contribution is -0.0216. The third-order valence-corrected chi connectivity index (χ3v) is 5.02. The first kappa shape index (κ1) is 24.3. The molecule has 3 nitrogen and oxygen atoms in total. The maximum atomic E-state index is 12.3. The normalized spacial score (nSPS) is 15.5. The minimum atomic E-state index is -0.473. The van der Waals surface area contributed by atoms with Crippen molar-refractivity contribution >= 4 is 6.16 Å². The van der Waals surface area contributed by atoms with Gasteiger partial charge in [-0.3, -0.25) is 0 Å². The van der Waals surface area contributed by atoms with Crippen LogP contribution in [0.25, 0.3) is 0 Å². The van der Waals surface area contributed by atoms with Crippen LogP contribution in [0.1, 0.15) is 106 Å². The van der Waals surface area contributed by atoms with Crippen LogP contribution in [0.5, 0.6) is 0 Å². The van der Waals surface area contributed by atoms with E-state index in [9.17, 15) is 4.79 Å². The number of carbonyl (C=O) groups is 1. The summed E-state index contributed by atoms with van der Waals surface area (Å²) in [5.74, 6) is 0.879. The minimum absolute atomic E-state index is 0.0419. The van der Waals surface area contributed by atoms with Crippen LogP contribution in [-0.2, 0) is 9.47 Å². The minimum Gasteiger partial charge on any atom is -0.434 e. The molecule has 0 aromatic carbocycles. The van der Waals surface area contributed by atoms with E-state index in [-0.39, 0.29) is 11.5 Å². The van der Waals surface area contributed by atoms with Crippen molar-refractivity contribution in [3.05, 3.63) is 0 Å². The Labute approximate surface area is 157 Å². The van der Waals surface area contributed by atoms with E-state index in [1.807, 2.05) is 0 Å². The molecule has 0 aromatic rings. The fourth-order valence-electron chi connectivity index (χ4n) is 3.27. The van der Waals surface area contributed by atoms with Gasteiger partial charge in [0, 0.05) is 0 Å². The predicted molar refractivity (Wildman–Crippen MR) is 107 cm³/mol. The zero-order chi connectivity index (χ0) is 19.3. The highest BCUT2D eigenvalue weighted by Crippen LogP contribution is 2.30. The van der Waals surface area contributed by atoms with Crippen LogP contribution in [0, 0.1) is 17.3 Å². The summed E-state index contributed by atoms with van der Waals surface area (Å²) in [4.78, 5) is 12.3. The Morgan fingerprint density at radius 3 is 2.00 bits per heavy atom. The van der Waals surface area contributed by atoms with Crippen molar-refractivity contribution in [2.75, 3.05) is 6.61 Å². The summed E-state index contributed by atoms with van der Waals surface area (Å²) in [6, 6.07) is 0. The van der Waals surface area contributed by atoms with Gasteiger partial charge in [-0.2, -0.15) is 0 Å². The van der Waals surface area contributed by atoms with Crippen LogP contribution in [-0.4, -0.2) is 18.9 Å². The molecule has 0 aliphatic carbocycles. The fourth-order valence-corrected chi connectivity index (χ4v) is 3.27. The van der Waals surface area contributed by atoms with Gasteiger partial charge in [-0.25, -0.2) is 4.79 Å². The molecule has 0 heterocycles. The smallest absolute Gasteiger partial charge is 0.434 e. The van der Waals surface area contributed by atoms with E-state index < -0.39 is 6.16 Å². The molecule has 150 valence electrons. The first-order valence-electron chi connectivity index (χ1n) is 10.6. The van der Waals surface area contributed by atoms with E-state index in [1.165, 1.54) is 25.7 Å². The molecule has 0 saturated carbocycles. The first-order chi connectivity index (χ1) is 11.8. The summed E-state index contributed by atoms with van der Waals surface area (Å²) in [6.07, 6.45) is 9.45. The Bertz CT molecular complexity index is 333. The number of hydrogen-bond acceptors (Lipinski definition) is 3. The van der Waals surface area contributed by atoms with Crippen molar-refractivity contribution in [1.82, 2.24) is 0 Å². The molecule has 3 unspecified atom stereocenters. The Balaban J connectivity index is 4.67. The van der Waals surface area contributed by atoms with E-state index in [0.29, 0.717) is 18.4 Å². The monoisotopic (exact) mass is 356 g/mol. The lowest BCUT2D eigenvalue weighted by Crippen LogP contribution is -2.32. The molecule has 0 N–H and O–H groups in total. The van der Waals surface area contributed by atoms with E-state index in [0.717, 1.165) is 32.1 Å². The van der Waals surface area contributed by atoms with Crippen molar-refractivity contribution in [2.45, 2.75) is 112 Å². The Kier molecular flexibility index (Phi) is 13.1. The van der Waals surface area contributed by atoms with Crippen LogP contribution in [0.2, 0.25) is 0 Å². The Hall–Kier alpha value is -0.730. The van der Waals surface area contributed by atoms with Crippen LogP contribution in [0.3, 0.4) is 0 Å². The van der Waals surface area contributed by atoms with Crippen LogP contribution >= 0.6 is 0 Å². The summed E-state index contributed by atoms with van der Waals surface area (Å²) in [6.45, 7) is 15.9. The summed E-state index contributed by atoms with van der Waals surface area (Å²) in [7, 11) is 0. The van der Waals surface area contributed by atoms with Gasteiger partial charge in [-0.15, -0.1) is 0 Å². The zero-order valence-electron chi connectivity index (χ0n) is 18.0. The van der Waals surface area contributed by atoms with Gasteiger partial charge in [0.05, 0.1) is 6.61 Å². The molecule has 0 aromatic heterocycles. The fraction of sp³-hybridized carbons (Fsp3) is 0.955. The van der Waals surface area contributed by atoms with Gasteiger partial charge in [-0.1, -0.05) is 80.6 Å². The topological polar surface area (TPSA) is 35.5 Å². The largest absolute Gasteiger partial charge is 0.508 e. The quantitative estimate of drug-likeness (QED) is 0.323. The molecule has 25 heavy (non-hydrogen) atoms. The number of hydrogen-bond donors (Lipinski definition) is 0. The average Bonchev–Trinajstić information content (AvgIpc) is 2.54. The lowest BCUT2D eigenvalue weighted by atomic mass is 9.82. The molecule has 0 aliphatic heterocycles. The maximum absolute atomic E-state index is 12.3. The predicted octanol–water partition coefficient (Wildman–Crippen LogP) is 7.38. The highest BCUT2D eigenvalue weighted by atomic mass is 16.7. The third kappa shape index (κ3) is 12.3. The zero-order valence-corrected chi connectivity index (χ0v) is 18.0. The molecule has 0 bridgehead atoms. The molecule has 0 fully saturated rings. The molecule has 0 rings (SSSR count). The van der Waals surface area contributed by atoms with Gasteiger partial charge in [-0.05, 0) is 42.9 Å². The summed E-state index contributed by atoms with van der Waals surface area (Å²) in [5.41, 5.74) is 0.137. The number of ether oxygens (including phenoxy) is 2. The second kappa shape index (κ2) is 13.5. The van der Waals surface area contributed by atoms with Gasteiger partial charge in [0.1, 0.15) is 6.10 Å². The Morgan fingerprint density at radius 1 is 0.920 bits per heavy atom. The molecule has 0 spiro atoms. The standard InChI is InChI=1S/C22H44O3/c1-8-12-14-18(10-3)17-24-21(23)25-20(16-22(5,6)7)19(11-4)15-13-9-2/h18-20H,8-17H2,1-7H3. The number of carbonyl (C=O) groups excluding carboxylic acids is 1. The van der Waals surface area contributed by atoms with Crippen LogP contribution in [0.4, 0.5) is 4.79 Å². The first-order valence-corrected chi connectivity index (χ1v) is 10.6. The van der Waals surface area contributed by atoms with Gasteiger partial charge < -0.3 is 9.47 Å². The van der Waals surface area contributed by atoms with Crippen molar-refractivity contribution < 1.29 is 14.3 Å². The van der Waals surface area contributed by atoms with E-state index >= 15 is 0 Å². The van der Waals surface area contributed by atoms with E-state index in [1.54, 1.807) is 0 Å². The highest BCUT2D eigenvalue weighted by Gasteiger charge is 2.29. The van der Waals surface area contributed by atoms with Gasteiger partial charge >= 0.3 is 6.16 Å². The molecular formula is C22H44O3. The molecule has 0 aliphatic rings. The van der Waals surface area contributed by atoms with Crippen molar-refractivity contribution in [2.24, 2.45) is 17.3 Å². The lowest BCUT2D eigenvalue weighted by Gasteiger charge is -2.31. The van der Waals surface area contributed by atoms with E-state index in [2.05, 4.69) is 48.5 Å². The summed E-state index contributed by atoms with van der Waals surface area (Å²) >= 11 is 0. The molecule has 3 heteroatoms. The van der Waals surface area contributed by atoms with Crippen molar-refractivity contribution in [1.29, 1.82) is 0 Å². The highest BCUT2D eigenvalue weighted by molar-refractivity contribution is 5.60. The molecular weight excluding hydrogens is 312 g/mol. The average molecular weight is 357 g/mol. The van der Waals surface area contributed by atoms with Crippen molar-refractivity contribution in [3.8, 4) is 0 Å². The third-order valence-electron chi connectivity index (χ3n) is 5.02. The SMILES string of the molecule is CCCCC(CC)COC(=O)OC(CC(C)(C)C)C(CC)CCCC. The summed E-state index contributed by atoms with van der Waals surface area (Å²) < 4.78 is 11.3. The Morgan fingerprint density at radius 2 is 1.52 bits per heavy atom. The number of unbranched alkanes of at least 4 members (excludes halogenated alkanes) is 2. The van der Waals surface area contributed by atoms with Crippen LogP contribution in [0.15, 0.2) is 0 Å². The van der Waals surface area contributed by atoms with Crippen molar-refractivity contribution in [3.63, 3.8) is 0 Å². The van der Waals surface area contributed by atoms with Gasteiger partial charge in [0.25, 0.3) is 0 Å². The second-order valence-electron chi connectivity index (χ2n) is 8.71. The molecule has 0 radical (unpaired) electrons. The van der Waals surface area contributed by atoms with Gasteiger partial charge in [0.2, 0.25) is 0 Å². The van der Waals surface area contributed by atoms with Gasteiger partial charge in [0.15, 0.2) is 0 Å².